The lowest BCUT2D eigenvalue weighted by molar-refractivity contribution is -0.137. The monoisotopic (exact) mass is 415 g/mol. The van der Waals surface area contributed by atoms with Gasteiger partial charge < -0.3 is 10.8 Å². The number of nitrogens with two attached hydrogens (primary N) is 1. The van der Waals surface area contributed by atoms with Gasteiger partial charge in [0.25, 0.3) is 0 Å². The van der Waals surface area contributed by atoms with E-state index in [2.05, 4.69) is 5.10 Å². The van der Waals surface area contributed by atoms with Crippen molar-refractivity contribution in [3.05, 3.63) is 51.8 Å². The molecule has 5 nitrogen and oxygen atoms in total. The van der Waals surface area contributed by atoms with Crippen LogP contribution >= 0.6 is 11.6 Å². The SMILES string of the molecule is NC(=O)c1cc(C(F)(F)F)ccc1C1CCC(Cn2cc(Cl)c(CO)n2)CC1. The fraction of sp³-hybridized carbons (Fsp3) is 0.474. The second kappa shape index (κ2) is 8.13. The number of aliphatic hydroxyl groups excluding tert-OH is 1. The average Bonchev–Trinajstić information content (AvgIpc) is 3.00. The van der Waals surface area contributed by atoms with Gasteiger partial charge in [-0.1, -0.05) is 17.7 Å². The molecule has 0 saturated heterocycles. The summed E-state index contributed by atoms with van der Waals surface area (Å²) in [6.45, 7) is 0.435. The summed E-state index contributed by atoms with van der Waals surface area (Å²) in [5, 5.41) is 13.8. The molecule has 1 aliphatic rings. The minimum atomic E-state index is -4.52. The van der Waals surface area contributed by atoms with Crippen molar-refractivity contribution in [3.8, 4) is 0 Å². The molecule has 1 fully saturated rings. The van der Waals surface area contributed by atoms with Crippen LogP contribution < -0.4 is 5.73 Å². The maximum Gasteiger partial charge on any atom is 0.416 e. The van der Waals surface area contributed by atoms with E-state index in [9.17, 15) is 23.1 Å². The second-order valence-corrected chi connectivity index (χ2v) is 7.59. The minimum Gasteiger partial charge on any atom is -0.390 e. The number of nitrogens with zero attached hydrogens (tertiary/aromatic N) is 2. The van der Waals surface area contributed by atoms with Gasteiger partial charge in [0.15, 0.2) is 0 Å². The number of amides is 1. The van der Waals surface area contributed by atoms with Crippen molar-refractivity contribution < 1.29 is 23.1 Å². The van der Waals surface area contributed by atoms with E-state index < -0.39 is 17.6 Å². The Balaban J connectivity index is 1.69. The van der Waals surface area contributed by atoms with Gasteiger partial charge in [0.1, 0.15) is 5.69 Å². The van der Waals surface area contributed by atoms with Crippen molar-refractivity contribution in [2.45, 2.75) is 50.9 Å². The summed E-state index contributed by atoms with van der Waals surface area (Å²) in [6.07, 6.45) is 0.348. The van der Waals surface area contributed by atoms with Crippen molar-refractivity contribution in [3.63, 3.8) is 0 Å². The fourth-order valence-corrected chi connectivity index (χ4v) is 4.07. The number of aliphatic hydroxyl groups is 1. The molecule has 1 aromatic heterocycles. The lowest BCUT2D eigenvalue weighted by atomic mass is 9.77. The van der Waals surface area contributed by atoms with Gasteiger partial charge in [-0.2, -0.15) is 18.3 Å². The van der Waals surface area contributed by atoms with Gasteiger partial charge >= 0.3 is 6.18 Å². The van der Waals surface area contributed by atoms with E-state index in [1.54, 1.807) is 10.9 Å². The first-order chi connectivity index (χ1) is 13.2. The standard InChI is InChI=1S/C19H21ClF3N3O2/c20-16-9-26(25-17(16)10-27)8-11-1-3-12(4-2-11)14-6-5-13(19(21,22)23)7-15(14)18(24)28/h5-7,9,11-12,27H,1-4,8,10H2,(H2,24,28). The predicted molar refractivity (Wildman–Crippen MR) is 97.8 cm³/mol. The van der Waals surface area contributed by atoms with Crippen molar-refractivity contribution in [1.29, 1.82) is 0 Å². The summed E-state index contributed by atoms with van der Waals surface area (Å²) < 4.78 is 40.5. The molecular formula is C19H21ClF3N3O2. The van der Waals surface area contributed by atoms with Crippen LogP contribution in [0.15, 0.2) is 24.4 Å². The molecular weight excluding hydrogens is 395 g/mol. The Kier molecular flexibility index (Phi) is 6.00. The number of hydrogen-bond donors (Lipinski definition) is 2. The van der Waals surface area contributed by atoms with Crippen LogP contribution in [0.3, 0.4) is 0 Å². The van der Waals surface area contributed by atoms with Gasteiger partial charge in [0.05, 0.1) is 17.2 Å². The highest BCUT2D eigenvalue weighted by molar-refractivity contribution is 6.31. The third kappa shape index (κ3) is 4.50. The molecule has 0 atom stereocenters. The first kappa shape index (κ1) is 20.7. The average molecular weight is 416 g/mol. The zero-order chi connectivity index (χ0) is 20.5. The van der Waals surface area contributed by atoms with E-state index in [4.69, 9.17) is 17.3 Å². The summed E-state index contributed by atoms with van der Waals surface area (Å²) in [5.41, 5.74) is 5.45. The van der Waals surface area contributed by atoms with Gasteiger partial charge in [0, 0.05) is 18.3 Å². The van der Waals surface area contributed by atoms with Crippen molar-refractivity contribution in [1.82, 2.24) is 9.78 Å². The number of aromatic nitrogens is 2. The number of primary amides is 1. The van der Waals surface area contributed by atoms with Crippen LogP contribution in [-0.4, -0.2) is 20.8 Å². The first-order valence-corrected chi connectivity index (χ1v) is 9.40. The normalized spacial score (nSPS) is 20.3. The van der Waals surface area contributed by atoms with Gasteiger partial charge in [0.2, 0.25) is 5.91 Å². The summed E-state index contributed by atoms with van der Waals surface area (Å²) in [6, 6.07) is 3.25. The number of benzene rings is 1. The first-order valence-electron chi connectivity index (χ1n) is 9.02. The second-order valence-electron chi connectivity index (χ2n) is 7.19. The van der Waals surface area contributed by atoms with Gasteiger partial charge in [-0.05, 0) is 55.2 Å². The Morgan fingerprint density at radius 2 is 1.96 bits per heavy atom. The van der Waals surface area contributed by atoms with Crippen LogP contribution in [0.5, 0.6) is 0 Å². The number of carbonyl (C=O) groups is 1. The van der Waals surface area contributed by atoms with Crippen LogP contribution in [-0.2, 0) is 19.3 Å². The molecule has 3 rings (SSSR count). The Labute approximate surface area is 165 Å². The predicted octanol–water partition coefficient (Wildman–Crippen LogP) is 4.12. The van der Waals surface area contributed by atoms with E-state index in [1.807, 2.05) is 0 Å². The molecule has 9 heteroatoms. The number of hydrogen-bond acceptors (Lipinski definition) is 3. The molecule has 2 aromatic rings. The van der Waals surface area contributed by atoms with E-state index in [1.165, 1.54) is 6.07 Å². The van der Waals surface area contributed by atoms with Crippen molar-refractivity contribution in [2.24, 2.45) is 11.7 Å². The van der Waals surface area contributed by atoms with E-state index in [-0.39, 0.29) is 18.1 Å². The maximum absolute atomic E-state index is 12.9. The Hall–Kier alpha value is -2.06. The lowest BCUT2D eigenvalue weighted by Gasteiger charge is -2.30. The molecule has 0 radical (unpaired) electrons. The summed E-state index contributed by atoms with van der Waals surface area (Å²) in [5.74, 6) is -0.508. The van der Waals surface area contributed by atoms with E-state index in [0.29, 0.717) is 28.7 Å². The molecule has 1 aliphatic carbocycles. The Morgan fingerprint density at radius 3 is 2.50 bits per heavy atom. The third-order valence-electron chi connectivity index (χ3n) is 5.31. The highest BCUT2D eigenvalue weighted by Crippen LogP contribution is 2.39. The highest BCUT2D eigenvalue weighted by atomic mass is 35.5. The van der Waals surface area contributed by atoms with Gasteiger partial charge in [-0.15, -0.1) is 0 Å². The Morgan fingerprint density at radius 1 is 1.29 bits per heavy atom. The van der Waals surface area contributed by atoms with Crippen LogP contribution in [0.25, 0.3) is 0 Å². The highest BCUT2D eigenvalue weighted by Gasteiger charge is 2.33. The lowest BCUT2D eigenvalue weighted by Crippen LogP contribution is -2.22. The van der Waals surface area contributed by atoms with Crippen molar-refractivity contribution >= 4 is 17.5 Å². The van der Waals surface area contributed by atoms with Crippen molar-refractivity contribution in [2.75, 3.05) is 0 Å². The zero-order valence-corrected chi connectivity index (χ0v) is 15.8. The quantitative estimate of drug-likeness (QED) is 0.770. The van der Waals surface area contributed by atoms with E-state index >= 15 is 0 Å². The minimum absolute atomic E-state index is 0.00440. The van der Waals surface area contributed by atoms with Crippen LogP contribution in [0.2, 0.25) is 5.02 Å². The molecule has 0 unspecified atom stereocenters. The molecule has 1 amide bonds. The topological polar surface area (TPSA) is 81.1 Å². The van der Waals surface area contributed by atoms with Crippen LogP contribution in [0, 0.1) is 5.92 Å². The molecule has 1 aromatic carbocycles. The van der Waals surface area contributed by atoms with Gasteiger partial charge in [-0.3, -0.25) is 9.48 Å². The largest absolute Gasteiger partial charge is 0.416 e. The maximum atomic E-state index is 12.9. The molecule has 152 valence electrons. The molecule has 1 heterocycles. The molecule has 28 heavy (non-hydrogen) atoms. The Bertz CT molecular complexity index is 859. The smallest absolute Gasteiger partial charge is 0.390 e. The number of carbonyl (C=O) groups excluding carboxylic acids is 1. The third-order valence-corrected chi connectivity index (χ3v) is 5.63. The fourth-order valence-electron chi connectivity index (χ4n) is 3.86. The molecule has 1 saturated carbocycles. The zero-order valence-electron chi connectivity index (χ0n) is 15.0. The summed E-state index contributed by atoms with van der Waals surface area (Å²) >= 11 is 5.99. The molecule has 0 spiro atoms. The molecule has 3 N–H and O–H groups in total. The van der Waals surface area contributed by atoms with Crippen LogP contribution in [0.4, 0.5) is 13.2 Å². The molecule has 0 aliphatic heterocycles. The molecule has 0 bridgehead atoms. The van der Waals surface area contributed by atoms with Gasteiger partial charge in [-0.25, -0.2) is 0 Å². The van der Waals surface area contributed by atoms with Crippen LogP contribution in [0.1, 0.15) is 58.8 Å². The summed E-state index contributed by atoms with van der Waals surface area (Å²) in [7, 11) is 0. The summed E-state index contributed by atoms with van der Waals surface area (Å²) in [4.78, 5) is 11.7. The number of rotatable bonds is 5. The number of alkyl halides is 3. The van der Waals surface area contributed by atoms with E-state index in [0.717, 1.165) is 37.8 Å². The number of halogens is 4.